The number of alkyl halides is 1. The van der Waals surface area contributed by atoms with Gasteiger partial charge in [0, 0.05) is 5.02 Å². The van der Waals surface area contributed by atoms with Gasteiger partial charge in [-0.25, -0.2) is 0 Å². The monoisotopic (exact) mass is 214 g/mol. The molecule has 0 radical (unpaired) electrons. The summed E-state index contributed by atoms with van der Waals surface area (Å²) in [6.45, 7) is 2.25. The van der Waals surface area contributed by atoms with E-state index in [1.807, 2.05) is 24.3 Å². The summed E-state index contributed by atoms with van der Waals surface area (Å²) in [6, 6.07) is 7.84. The second-order valence-corrected chi connectivity index (χ2v) is 4.74. The highest BCUT2D eigenvalue weighted by Crippen LogP contribution is 2.50. The molecule has 1 aliphatic carbocycles. The van der Waals surface area contributed by atoms with Crippen molar-refractivity contribution >= 4 is 23.2 Å². The molecule has 0 N–H and O–H groups in total. The average Bonchev–Trinajstić information content (AvgIpc) is 2.83. The van der Waals surface area contributed by atoms with E-state index in [1.165, 1.54) is 12.0 Å². The van der Waals surface area contributed by atoms with Crippen LogP contribution < -0.4 is 0 Å². The zero-order chi connectivity index (χ0) is 9.42. The molecule has 0 bridgehead atoms. The molecule has 0 spiro atoms. The highest BCUT2D eigenvalue weighted by molar-refractivity contribution is 6.30. The molecule has 1 saturated carbocycles. The van der Waals surface area contributed by atoms with Crippen LogP contribution in [0.2, 0.25) is 5.02 Å². The Labute approximate surface area is 88.9 Å². The van der Waals surface area contributed by atoms with Crippen molar-refractivity contribution < 1.29 is 0 Å². The number of hydrogen-bond donors (Lipinski definition) is 0. The molecule has 1 aromatic carbocycles. The molecule has 1 aliphatic rings. The predicted molar refractivity (Wildman–Crippen MR) is 57.3 cm³/mol. The van der Waals surface area contributed by atoms with Gasteiger partial charge in [0.25, 0.3) is 0 Å². The van der Waals surface area contributed by atoms with Crippen LogP contribution in [0.25, 0.3) is 0 Å². The number of hydrogen-bond acceptors (Lipinski definition) is 0. The molecule has 0 amide bonds. The summed E-state index contributed by atoms with van der Waals surface area (Å²) in [7, 11) is 0. The van der Waals surface area contributed by atoms with Crippen LogP contribution in [-0.4, -0.2) is 0 Å². The van der Waals surface area contributed by atoms with Crippen LogP contribution in [0.5, 0.6) is 0 Å². The zero-order valence-corrected chi connectivity index (χ0v) is 9.02. The van der Waals surface area contributed by atoms with Crippen molar-refractivity contribution in [1.82, 2.24) is 0 Å². The third-order valence-electron chi connectivity index (χ3n) is 2.74. The van der Waals surface area contributed by atoms with Crippen molar-refractivity contribution in [2.24, 2.45) is 11.8 Å². The molecule has 3 unspecified atom stereocenters. The van der Waals surface area contributed by atoms with Crippen molar-refractivity contribution in [1.29, 1.82) is 0 Å². The second-order valence-electron chi connectivity index (χ2n) is 3.83. The Bertz CT molecular complexity index is 291. The first-order valence-corrected chi connectivity index (χ1v) is 5.39. The fraction of sp³-hybridized carbons (Fsp3) is 0.455. The highest BCUT2D eigenvalue weighted by atomic mass is 35.5. The van der Waals surface area contributed by atoms with E-state index in [0.717, 1.165) is 10.9 Å². The molecule has 0 saturated heterocycles. The van der Waals surface area contributed by atoms with Gasteiger partial charge in [-0.3, -0.25) is 0 Å². The number of benzene rings is 1. The largest absolute Gasteiger partial charge is 0.118 e. The van der Waals surface area contributed by atoms with Crippen LogP contribution >= 0.6 is 23.2 Å². The molecule has 1 aromatic rings. The highest BCUT2D eigenvalue weighted by Gasteiger charge is 2.39. The molecule has 2 heteroatoms. The van der Waals surface area contributed by atoms with E-state index in [1.54, 1.807) is 0 Å². The Hall–Kier alpha value is -0.200. The van der Waals surface area contributed by atoms with Gasteiger partial charge in [0.1, 0.15) is 0 Å². The number of rotatable bonds is 2. The van der Waals surface area contributed by atoms with Crippen molar-refractivity contribution in [3.05, 3.63) is 34.9 Å². The molecule has 0 nitrogen and oxygen atoms in total. The van der Waals surface area contributed by atoms with E-state index < -0.39 is 0 Å². The first-order valence-electron chi connectivity index (χ1n) is 4.58. The smallest absolute Gasteiger partial charge is 0.0616 e. The van der Waals surface area contributed by atoms with E-state index in [2.05, 4.69) is 6.92 Å². The summed E-state index contributed by atoms with van der Waals surface area (Å²) < 4.78 is 0. The topological polar surface area (TPSA) is 0 Å². The molecular formula is C11H12Cl2. The van der Waals surface area contributed by atoms with Crippen LogP contribution in [0.1, 0.15) is 24.3 Å². The first-order chi connectivity index (χ1) is 6.18. The van der Waals surface area contributed by atoms with Gasteiger partial charge in [-0.15, -0.1) is 11.6 Å². The molecule has 70 valence electrons. The van der Waals surface area contributed by atoms with Gasteiger partial charge in [-0.2, -0.15) is 0 Å². The fourth-order valence-electron chi connectivity index (χ4n) is 1.65. The average molecular weight is 215 g/mol. The van der Waals surface area contributed by atoms with Crippen LogP contribution in [0.4, 0.5) is 0 Å². The lowest BCUT2D eigenvalue weighted by Gasteiger charge is -2.08. The quantitative estimate of drug-likeness (QED) is 0.646. The van der Waals surface area contributed by atoms with Gasteiger partial charge in [0.2, 0.25) is 0 Å². The van der Waals surface area contributed by atoms with Gasteiger partial charge in [-0.05, 0) is 36.0 Å². The van der Waals surface area contributed by atoms with Gasteiger partial charge in [0.05, 0.1) is 5.38 Å². The van der Waals surface area contributed by atoms with E-state index in [9.17, 15) is 0 Å². The molecule has 2 rings (SSSR count). The second kappa shape index (κ2) is 3.51. The molecule has 13 heavy (non-hydrogen) atoms. The third-order valence-corrected chi connectivity index (χ3v) is 3.56. The maximum atomic E-state index is 6.31. The number of halogens is 2. The maximum Gasteiger partial charge on any atom is 0.0616 e. The molecule has 3 atom stereocenters. The minimum Gasteiger partial charge on any atom is -0.118 e. The van der Waals surface area contributed by atoms with Crippen LogP contribution in [0.15, 0.2) is 24.3 Å². The standard InChI is InChI=1S/C11H12Cl2/c1-7-6-10(7)11(13)8-2-4-9(12)5-3-8/h2-5,7,10-11H,6H2,1H3. The SMILES string of the molecule is CC1CC1C(Cl)c1ccc(Cl)cc1. The maximum absolute atomic E-state index is 6.31. The van der Waals surface area contributed by atoms with Gasteiger partial charge < -0.3 is 0 Å². The zero-order valence-electron chi connectivity index (χ0n) is 7.50. The van der Waals surface area contributed by atoms with Crippen molar-refractivity contribution in [3.63, 3.8) is 0 Å². The Morgan fingerprint density at radius 1 is 1.31 bits per heavy atom. The van der Waals surface area contributed by atoms with Crippen molar-refractivity contribution in [2.45, 2.75) is 18.7 Å². The van der Waals surface area contributed by atoms with E-state index in [4.69, 9.17) is 23.2 Å². The van der Waals surface area contributed by atoms with Crippen molar-refractivity contribution in [3.8, 4) is 0 Å². The summed E-state index contributed by atoms with van der Waals surface area (Å²) in [5, 5.41) is 0.948. The minimum atomic E-state index is 0.173. The summed E-state index contributed by atoms with van der Waals surface area (Å²) in [5.74, 6) is 1.46. The summed E-state index contributed by atoms with van der Waals surface area (Å²) in [4.78, 5) is 0. The molecular weight excluding hydrogens is 203 g/mol. The fourth-order valence-corrected chi connectivity index (χ4v) is 2.28. The van der Waals surface area contributed by atoms with E-state index >= 15 is 0 Å². The molecule has 0 heterocycles. The summed E-state index contributed by atoms with van der Waals surface area (Å²) >= 11 is 12.1. The lowest BCUT2D eigenvalue weighted by molar-refractivity contribution is 0.722. The van der Waals surface area contributed by atoms with Crippen LogP contribution in [0.3, 0.4) is 0 Å². The Morgan fingerprint density at radius 3 is 2.31 bits per heavy atom. The van der Waals surface area contributed by atoms with Crippen LogP contribution in [0, 0.1) is 11.8 Å². The minimum absolute atomic E-state index is 0.173. The Kier molecular flexibility index (Phi) is 2.53. The van der Waals surface area contributed by atoms with E-state index in [-0.39, 0.29) is 5.38 Å². The molecule has 0 aliphatic heterocycles. The van der Waals surface area contributed by atoms with Gasteiger partial charge in [-0.1, -0.05) is 30.7 Å². The lowest BCUT2D eigenvalue weighted by Crippen LogP contribution is -1.93. The Balaban J connectivity index is 2.12. The summed E-state index contributed by atoms with van der Waals surface area (Å²) in [5.41, 5.74) is 1.19. The van der Waals surface area contributed by atoms with Crippen molar-refractivity contribution in [2.75, 3.05) is 0 Å². The lowest BCUT2D eigenvalue weighted by atomic mass is 10.1. The molecule has 0 aromatic heterocycles. The first kappa shape index (κ1) is 9.36. The van der Waals surface area contributed by atoms with Gasteiger partial charge >= 0.3 is 0 Å². The van der Waals surface area contributed by atoms with Gasteiger partial charge in [0.15, 0.2) is 0 Å². The predicted octanol–water partition coefficient (Wildman–Crippen LogP) is 4.28. The third kappa shape index (κ3) is 2.00. The summed E-state index contributed by atoms with van der Waals surface area (Å²) in [6.07, 6.45) is 1.26. The molecule has 1 fully saturated rings. The Morgan fingerprint density at radius 2 is 1.85 bits per heavy atom. The van der Waals surface area contributed by atoms with E-state index in [0.29, 0.717) is 5.92 Å². The normalized spacial score (nSPS) is 28.5. The van der Waals surface area contributed by atoms with Crippen LogP contribution in [-0.2, 0) is 0 Å².